The summed E-state index contributed by atoms with van der Waals surface area (Å²) in [6, 6.07) is 7.40. The van der Waals surface area contributed by atoms with Gasteiger partial charge < -0.3 is 20.9 Å². The predicted molar refractivity (Wildman–Crippen MR) is 135 cm³/mol. The number of rotatable bonds is 6. The summed E-state index contributed by atoms with van der Waals surface area (Å²) < 4.78 is 1.65. The number of pyridine rings is 1. The van der Waals surface area contributed by atoms with E-state index in [0.717, 1.165) is 11.1 Å². The fourth-order valence-electron chi connectivity index (χ4n) is 4.78. The Hall–Kier alpha value is -4.46. The van der Waals surface area contributed by atoms with Crippen molar-refractivity contribution in [2.24, 2.45) is 17.1 Å². The van der Waals surface area contributed by atoms with Crippen molar-refractivity contribution in [1.82, 2.24) is 24.4 Å². The molecule has 0 spiro atoms. The van der Waals surface area contributed by atoms with Crippen LogP contribution in [0, 0.1) is 22.7 Å². The molecule has 1 saturated heterocycles. The average molecular weight is 501 g/mol. The second kappa shape index (κ2) is 8.89. The van der Waals surface area contributed by atoms with E-state index in [1.165, 1.54) is 11.1 Å². The zero-order valence-corrected chi connectivity index (χ0v) is 20.9. The van der Waals surface area contributed by atoms with E-state index in [4.69, 9.17) is 5.73 Å². The molecule has 3 aromatic rings. The molecule has 11 heteroatoms. The topological polar surface area (TPSA) is 150 Å². The second-order valence-corrected chi connectivity index (χ2v) is 10.1. The van der Waals surface area contributed by atoms with Gasteiger partial charge in [-0.05, 0) is 30.9 Å². The lowest BCUT2D eigenvalue weighted by Gasteiger charge is -2.21. The van der Waals surface area contributed by atoms with E-state index >= 15 is 0 Å². The number of carbonyl (C=O) groups excluding carboxylic acids is 3. The number of amides is 3. The molecule has 0 unspecified atom stereocenters. The van der Waals surface area contributed by atoms with Crippen LogP contribution in [0.5, 0.6) is 0 Å². The van der Waals surface area contributed by atoms with Crippen molar-refractivity contribution < 1.29 is 14.4 Å². The van der Waals surface area contributed by atoms with Gasteiger partial charge in [0.1, 0.15) is 11.1 Å². The van der Waals surface area contributed by atoms with Crippen LogP contribution in [-0.4, -0.2) is 75.3 Å². The van der Waals surface area contributed by atoms with E-state index in [9.17, 15) is 19.6 Å². The highest BCUT2D eigenvalue weighted by molar-refractivity contribution is 6.02. The summed E-state index contributed by atoms with van der Waals surface area (Å²) in [7, 11) is 3.34. The maximum absolute atomic E-state index is 12.9. The zero-order chi connectivity index (χ0) is 26.5. The van der Waals surface area contributed by atoms with E-state index in [2.05, 4.69) is 21.5 Å². The molecule has 5 rings (SSSR count). The summed E-state index contributed by atoms with van der Waals surface area (Å²) in [4.78, 5) is 44.9. The first-order valence-electron chi connectivity index (χ1n) is 12.1. The van der Waals surface area contributed by atoms with Crippen molar-refractivity contribution in [3.63, 3.8) is 0 Å². The Kier molecular flexibility index (Phi) is 5.82. The van der Waals surface area contributed by atoms with Crippen LogP contribution in [0.1, 0.15) is 40.6 Å². The molecule has 0 aromatic carbocycles. The number of carbonyl (C=O) groups is 3. The van der Waals surface area contributed by atoms with Gasteiger partial charge in [-0.2, -0.15) is 10.4 Å². The van der Waals surface area contributed by atoms with Gasteiger partial charge in [0.05, 0.1) is 29.0 Å². The van der Waals surface area contributed by atoms with Crippen molar-refractivity contribution in [3.8, 4) is 17.2 Å². The quantitative estimate of drug-likeness (QED) is 0.523. The van der Waals surface area contributed by atoms with Crippen LogP contribution in [-0.2, 0) is 4.79 Å². The smallest absolute Gasteiger partial charge is 0.271 e. The number of nitrogens with zero attached hydrogens (tertiary/aromatic N) is 6. The summed E-state index contributed by atoms with van der Waals surface area (Å²) in [6.07, 6.45) is 6.07. The summed E-state index contributed by atoms with van der Waals surface area (Å²) in [6.45, 7) is 2.99. The van der Waals surface area contributed by atoms with Crippen molar-refractivity contribution in [3.05, 3.63) is 48.0 Å². The van der Waals surface area contributed by atoms with Gasteiger partial charge in [-0.15, -0.1) is 0 Å². The van der Waals surface area contributed by atoms with E-state index in [1.54, 1.807) is 35.8 Å². The van der Waals surface area contributed by atoms with Gasteiger partial charge in [0.2, 0.25) is 5.91 Å². The summed E-state index contributed by atoms with van der Waals surface area (Å²) in [5, 5.41) is 17.3. The number of nitriles is 1. The van der Waals surface area contributed by atoms with Gasteiger partial charge in [0.25, 0.3) is 11.8 Å². The molecule has 2 fully saturated rings. The number of hydrogen-bond donors (Lipinski definition) is 2. The predicted octanol–water partition coefficient (Wildman–Crippen LogP) is 1.76. The lowest BCUT2D eigenvalue weighted by molar-refractivity contribution is -0.134. The minimum atomic E-state index is -0.867. The van der Waals surface area contributed by atoms with Crippen LogP contribution in [0.4, 0.5) is 5.69 Å². The Balaban J connectivity index is 1.45. The molecule has 3 aromatic heterocycles. The first-order chi connectivity index (χ1) is 17.6. The summed E-state index contributed by atoms with van der Waals surface area (Å²) >= 11 is 0. The molecule has 37 heavy (non-hydrogen) atoms. The maximum Gasteiger partial charge on any atom is 0.271 e. The third-order valence-electron chi connectivity index (χ3n) is 7.23. The second-order valence-electron chi connectivity index (χ2n) is 10.1. The minimum absolute atomic E-state index is 0.0906. The van der Waals surface area contributed by atoms with Crippen LogP contribution in [0.15, 0.2) is 36.8 Å². The number of likely N-dealkylation sites (tertiary alicyclic amines) is 1. The van der Waals surface area contributed by atoms with Crippen LogP contribution in [0.25, 0.3) is 16.6 Å². The molecule has 1 aliphatic carbocycles. The van der Waals surface area contributed by atoms with Crippen molar-refractivity contribution in [2.45, 2.75) is 25.8 Å². The molecular weight excluding hydrogens is 472 g/mol. The average Bonchev–Trinajstić information content (AvgIpc) is 3.43. The first kappa shape index (κ1) is 24.2. The molecule has 3 N–H and O–H groups in total. The van der Waals surface area contributed by atoms with E-state index in [-0.39, 0.29) is 29.3 Å². The molecular formula is C26H28N8O3. The SMILES string of the molecule is C[C@H]1CN(C(=O)C2(C#N)CC2)C[C@H]1Nc1c(C(N)=O)cnn2cc(-c3ccc(C(=O)N(C)C)nc3)cc12. The molecule has 190 valence electrons. The molecule has 1 aliphatic heterocycles. The van der Waals surface area contributed by atoms with E-state index in [0.29, 0.717) is 42.8 Å². The Morgan fingerprint density at radius 1 is 1.19 bits per heavy atom. The Bertz CT molecular complexity index is 1450. The Morgan fingerprint density at radius 3 is 2.54 bits per heavy atom. The molecule has 0 radical (unpaired) electrons. The standard InChI is InChI=1S/C26H28N8O3/c1-15-11-33(25(37)26(14-27)6-7-26)13-20(15)31-22-18(23(28)35)10-30-34-12-17(8-21(22)34)16-4-5-19(29-9-16)24(36)32(2)3/h4-5,8-10,12,15,20,31H,6-7,11,13H2,1-3H3,(H2,28,35)/t15-,20+/m0/s1. The van der Waals surface area contributed by atoms with Crippen molar-refractivity contribution in [2.75, 3.05) is 32.5 Å². The van der Waals surface area contributed by atoms with Crippen LogP contribution >= 0.6 is 0 Å². The van der Waals surface area contributed by atoms with Gasteiger partial charge in [-0.25, -0.2) is 4.52 Å². The van der Waals surface area contributed by atoms with Gasteiger partial charge in [0, 0.05) is 56.7 Å². The summed E-state index contributed by atoms with van der Waals surface area (Å²) in [5.41, 5.74) is 8.17. The molecule has 3 amide bonds. The molecule has 1 saturated carbocycles. The zero-order valence-electron chi connectivity index (χ0n) is 20.9. The normalized spacial score (nSPS) is 19.9. The largest absolute Gasteiger partial charge is 0.378 e. The van der Waals surface area contributed by atoms with Crippen molar-refractivity contribution in [1.29, 1.82) is 5.26 Å². The fourth-order valence-corrected chi connectivity index (χ4v) is 4.78. The third kappa shape index (κ3) is 4.24. The number of fused-ring (bicyclic) bond motifs is 1. The molecule has 0 bridgehead atoms. The van der Waals surface area contributed by atoms with Crippen LogP contribution in [0.2, 0.25) is 0 Å². The van der Waals surface area contributed by atoms with Crippen LogP contribution < -0.4 is 11.1 Å². The lowest BCUT2D eigenvalue weighted by Crippen LogP contribution is -2.36. The minimum Gasteiger partial charge on any atom is -0.378 e. The van der Waals surface area contributed by atoms with E-state index < -0.39 is 11.3 Å². The first-order valence-corrected chi connectivity index (χ1v) is 12.1. The number of primary amides is 1. The van der Waals surface area contributed by atoms with Gasteiger partial charge >= 0.3 is 0 Å². The maximum atomic E-state index is 12.9. The van der Waals surface area contributed by atoms with Crippen LogP contribution in [0.3, 0.4) is 0 Å². The summed E-state index contributed by atoms with van der Waals surface area (Å²) in [5.74, 6) is -0.829. The lowest BCUT2D eigenvalue weighted by atomic mass is 10.1. The van der Waals surface area contributed by atoms with Gasteiger partial charge in [0.15, 0.2) is 0 Å². The fraction of sp³-hybridized carbons (Fsp3) is 0.385. The van der Waals surface area contributed by atoms with Gasteiger partial charge in [-0.3, -0.25) is 19.4 Å². The van der Waals surface area contributed by atoms with Gasteiger partial charge in [-0.1, -0.05) is 13.0 Å². The highest BCUT2D eigenvalue weighted by atomic mass is 16.2. The molecule has 2 atom stereocenters. The van der Waals surface area contributed by atoms with Crippen molar-refractivity contribution >= 4 is 28.9 Å². The molecule has 2 aliphatic rings. The van der Waals surface area contributed by atoms with E-state index in [1.807, 2.05) is 25.3 Å². The highest BCUT2D eigenvalue weighted by Gasteiger charge is 2.54. The number of hydrogen-bond acceptors (Lipinski definition) is 7. The number of nitrogens with two attached hydrogens (primary N) is 1. The number of aromatic nitrogens is 3. The molecule has 4 heterocycles. The number of anilines is 1. The Morgan fingerprint density at radius 2 is 1.95 bits per heavy atom. The number of nitrogens with one attached hydrogen (secondary N) is 1. The molecule has 11 nitrogen and oxygen atoms in total. The Labute approximate surface area is 213 Å². The monoisotopic (exact) mass is 500 g/mol. The third-order valence-corrected chi connectivity index (χ3v) is 7.23. The highest BCUT2D eigenvalue weighted by Crippen LogP contribution is 2.47.